The van der Waals surface area contributed by atoms with Gasteiger partial charge in [0, 0.05) is 36.0 Å². The lowest BCUT2D eigenvalue weighted by atomic mass is 10.1. The molecular weight excluding hydrogens is 442 g/mol. The van der Waals surface area contributed by atoms with Gasteiger partial charge in [-0.3, -0.25) is 5.10 Å². The van der Waals surface area contributed by atoms with E-state index in [2.05, 4.69) is 67.4 Å². The molecule has 0 unspecified atom stereocenters. The molecule has 0 radical (unpaired) electrons. The van der Waals surface area contributed by atoms with Crippen LogP contribution in [-0.2, 0) is 6.54 Å². The molecule has 5 N–H and O–H groups in total. The Kier molecular flexibility index (Phi) is 8.29. The summed E-state index contributed by atoms with van der Waals surface area (Å²) in [5.41, 5.74) is 2.86. The molecule has 0 bridgehead atoms. The normalized spacial score (nSPS) is 11.1. The van der Waals surface area contributed by atoms with E-state index in [0.717, 1.165) is 48.8 Å². The molecule has 0 saturated carbocycles. The van der Waals surface area contributed by atoms with Gasteiger partial charge in [-0.05, 0) is 25.4 Å². The molecule has 35 heavy (non-hydrogen) atoms. The zero-order chi connectivity index (χ0) is 24.5. The Labute approximate surface area is 205 Å². The fourth-order valence-electron chi connectivity index (χ4n) is 3.42. The maximum atomic E-state index is 5.50. The van der Waals surface area contributed by atoms with Crippen LogP contribution in [0.5, 0.6) is 0 Å². The van der Waals surface area contributed by atoms with Crippen molar-refractivity contribution in [3.05, 3.63) is 60.0 Å². The molecule has 10 nitrogen and oxygen atoms in total. The van der Waals surface area contributed by atoms with Crippen molar-refractivity contribution in [1.29, 1.82) is 0 Å². The molecule has 0 amide bonds. The van der Waals surface area contributed by atoms with Crippen LogP contribution in [0.1, 0.15) is 44.6 Å². The van der Waals surface area contributed by atoms with E-state index in [9.17, 15) is 0 Å². The Morgan fingerprint density at radius 1 is 0.943 bits per heavy atom. The molecule has 4 rings (SSSR count). The summed E-state index contributed by atoms with van der Waals surface area (Å²) in [6, 6.07) is 15.7. The summed E-state index contributed by atoms with van der Waals surface area (Å²) in [4.78, 5) is 9.24. The van der Waals surface area contributed by atoms with Gasteiger partial charge < -0.3 is 25.8 Å². The minimum atomic E-state index is 0.359. The zero-order valence-electron chi connectivity index (χ0n) is 20.4. The van der Waals surface area contributed by atoms with Gasteiger partial charge in [0.1, 0.15) is 17.3 Å². The van der Waals surface area contributed by atoms with Gasteiger partial charge in [0.2, 0.25) is 5.95 Å². The second-order valence-electron chi connectivity index (χ2n) is 8.48. The van der Waals surface area contributed by atoms with E-state index in [1.165, 1.54) is 0 Å². The maximum absolute atomic E-state index is 5.50. The van der Waals surface area contributed by atoms with Crippen LogP contribution in [0.4, 0.5) is 23.4 Å². The van der Waals surface area contributed by atoms with Gasteiger partial charge in [-0.2, -0.15) is 15.1 Å². The summed E-state index contributed by atoms with van der Waals surface area (Å²) in [5.74, 6) is 3.60. The Bertz CT molecular complexity index is 1190. The van der Waals surface area contributed by atoms with Crippen LogP contribution in [0.15, 0.2) is 53.1 Å². The quantitative estimate of drug-likeness (QED) is 0.174. The Balaban J connectivity index is 1.45. The average molecular weight is 476 g/mol. The minimum Gasteiger partial charge on any atom is -0.370 e. The number of anilines is 4. The van der Waals surface area contributed by atoms with Crippen LogP contribution in [0.2, 0.25) is 0 Å². The molecule has 184 valence electrons. The Morgan fingerprint density at radius 2 is 1.77 bits per heavy atom. The van der Waals surface area contributed by atoms with Gasteiger partial charge >= 0.3 is 0 Å². The first-order valence-corrected chi connectivity index (χ1v) is 12.0. The van der Waals surface area contributed by atoms with Gasteiger partial charge in [-0.25, -0.2) is 0 Å². The van der Waals surface area contributed by atoms with Crippen molar-refractivity contribution in [2.45, 2.75) is 39.7 Å². The number of H-pyrrole nitrogens is 1. The van der Waals surface area contributed by atoms with E-state index in [0.29, 0.717) is 35.8 Å². The second-order valence-corrected chi connectivity index (χ2v) is 8.48. The molecule has 0 atom stereocenters. The SMILES string of the molecule is CCNCCCNc1cc(Nc2cc(C(C)C)[nH]n2)nc(NCc2cc(-c3ccccc3)no2)n1. The lowest BCUT2D eigenvalue weighted by Gasteiger charge is -2.11. The fourth-order valence-corrected chi connectivity index (χ4v) is 3.42. The lowest BCUT2D eigenvalue weighted by molar-refractivity contribution is 0.390. The number of nitrogens with one attached hydrogen (secondary N) is 5. The number of hydrogen-bond acceptors (Lipinski definition) is 9. The van der Waals surface area contributed by atoms with Crippen molar-refractivity contribution in [1.82, 2.24) is 30.6 Å². The number of benzene rings is 1. The Morgan fingerprint density at radius 3 is 2.54 bits per heavy atom. The van der Waals surface area contributed by atoms with Gasteiger partial charge in [-0.1, -0.05) is 56.3 Å². The second kappa shape index (κ2) is 12.0. The van der Waals surface area contributed by atoms with E-state index < -0.39 is 0 Å². The van der Waals surface area contributed by atoms with Crippen LogP contribution in [0.25, 0.3) is 11.3 Å². The van der Waals surface area contributed by atoms with Gasteiger partial charge in [0.25, 0.3) is 0 Å². The van der Waals surface area contributed by atoms with E-state index in [1.54, 1.807) is 0 Å². The molecule has 0 spiro atoms. The van der Waals surface area contributed by atoms with E-state index in [1.807, 2.05) is 48.5 Å². The minimum absolute atomic E-state index is 0.359. The maximum Gasteiger partial charge on any atom is 0.227 e. The highest BCUT2D eigenvalue weighted by molar-refractivity contribution is 5.60. The van der Waals surface area contributed by atoms with Crippen LogP contribution in [0, 0.1) is 0 Å². The van der Waals surface area contributed by atoms with Gasteiger partial charge in [-0.15, -0.1) is 0 Å². The van der Waals surface area contributed by atoms with Crippen molar-refractivity contribution in [2.75, 3.05) is 35.6 Å². The molecule has 4 aromatic rings. The third-order valence-electron chi connectivity index (χ3n) is 5.34. The predicted octanol–water partition coefficient (Wildman–Crippen LogP) is 4.75. The van der Waals surface area contributed by atoms with Crippen LogP contribution in [-0.4, -0.2) is 45.0 Å². The van der Waals surface area contributed by atoms with Crippen molar-refractivity contribution in [2.24, 2.45) is 0 Å². The fraction of sp³-hybridized carbons (Fsp3) is 0.360. The highest BCUT2D eigenvalue weighted by Gasteiger charge is 2.11. The largest absolute Gasteiger partial charge is 0.370 e. The number of aromatic nitrogens is 5. The molecule has 0 saturated heterocycles. The molecule has 0 aliphatic heterocycles. The molecule has 3 aromatic heterocycles. The first-order valence-electron chi connectivity index (χ1n) is 12.0. The number of aromatic amines is 1. The van der Waals surface area contributed by atoms with Crippen molar-refractivity contribution in [3.8, 4) is 11.3 Å². The molecule has 3 heterocycles. The van der Waals surface area contributed by atoms with Crippen LogP contribution in [0.3, 0.4) is 0 Å². The molecule has 0 aliphatic carbocycles. The first kappa shape index (κ1) is 24.2. The highest BCUT2D eigenvalue weighted by Crippen LogP contribution is 2.22. The standard InChI is InChI=1S/C25H33N9O/c1-4-26-11-8-12-27-22-15-23(29-24-14-20(17(2)3)32-33-24)31-25(30-22)28-16-19-13-21(34-35-19)18-9-6-5-7-10-18/h5-7,9-10,13-15,17,26H,4,8,11-12,16H2,1-3H3,(H4,27,28,29,30,31,32,33). The topological polar surface area (TPSA) is 129 Å². The molecule has 0 aliphatic rings. The monoisotopic (exact) mass is 475 g/mol. The molecule has 0 fully saturated rings. The van der Waals surface area contributed by atoms with Gasteiger partial charge in [0.05, 0.1) is 6.54 Å². The lowest BCUT2D eigenvalue weighted by Crippen LogP contribution is -2.17. The smallest absolute Gasteiger partial charge is 0.227 e. The van der Waals surface area contributed by atoms with E-state index >= 15 is 0 Å². The summed E-state index contributed by atoms with van der Waals surface area (Å²) < 4.78 is 5.50. The Hall–Kier alpha value is -3.92. The highest BCUT2D eigenvalue weighted by atomic mass is 16.5. The molecular formula is C25H33N9O. The summed E-state index contributed by atoms with van der Waals surface area (Å²) >= 11 is 0. The summed E-state index contributed by atoms with van der Waals surface area (Å²) in [6.07, 6.45) is 0.987. The first-order chi connectivity index (χ1) is 17.1. The number of rotatable bonds is 13. The van der Waals surface area contributed by atoms with Crippen LogP contribution < -0.4 is 21.3 Å². The summed E-state index contributed by atoms with van der Waals surface area (Å²) in [6.45, 7) is 9.45. The van der Waals surface area contributed by atoms with Crippen molar-refractivity contribution >= 4 is 23.4 Å². The summed E-state index contributed by atoms with van der Waals surface area (Å²) in [7, 11) is 0. The van der Waals surface area contributed by atoms with Crippen molar-refractivity contribution < 1.29 is 4.52 Å². The predicted molar refractivity (Wildman–Crippen MR) is 139 cm³/mol. The van der Waals surface area contributed by atoms with E-state index in [4.69, 9.17) is 4.52 Å². The number of nitrogens with zero attached hydrogens (tertiary/aromatic N) is 4. The third kappa shape index (κ3) is 7.03. The van der Waals surface area contributed by atoms with Crippen LogP contribution >= 0.6 is 0 Å². The average Bonchev–Trinajstić information content (AvgIpc) is 3.53. The third-order valence-corrected chi connectivity index (χ3v) is 5.34. The number of hydrogen-bond donors (Lipinski definition) is 5. The van der Waals surface area contributed by atoms with E-state index in [-0.39, 0.29) is 0 Å². The summed E-state index contributed by atoms with van der Waals surface area (Å²) in [5, 5.41) is 24.8. The zero-order valence-corrected chi connectivity index (χ0v) is 20.4. The molecule has 10 heteroatoms. The molecule has 1 aromatic carbocycles. The van der Waals surface area contributed by atoms with Gasteiger partial charge in [0.15, 0.2) is 11.6 Å². The van der Waals surface area contributed by atoms with Crippen molar-refractivity contribution in [3.63, 3.8) is 0 Å².